The first-order chi connectivity index (χ1) is 14.0. The van der Waals surface area contributed by atoms with Crippen LogP contribution >= 0.6 is 11.8 Å². The predicted octanol–water partition coefficient (Wildman–Crippen LogP) is 4.05. The second-order valence-electron chi connectivity index (χ2n) is 6.34. The summed E-state index contributed by atoms with van der Waals surface area (Å²) < 4.78 is 15.8. The van der Waals surface area contributed by atoms with Gasteiger partial charge in [-0.05, 0) is 31.2 Å². The molecule has 1 amide bonds. The summed E-state index contributed by atoms with van der Waals surface area (Å²) in [5.74, 6) is -0.114. The topological polar surface area (TPSA) is 74.8 Å². The Morgan fingerprint density at radius 2 is 1.90 bits per heavy atom. The molecule has 8 heteroatoms. The molecule has 0 aliphatic carbocycles. The lowest BCUT2D eigenvalue weighted by Crippen LogP contribution is -2.37. The number of carbonyl (C=O) groups excluding carboxylic acids is 1. The first kappa shape index (κ1) is 20.6. The number of hydrogen-bond donors (Lipinski definition) is 0. The minimum atomic E-state index is -0.467. The Hall–Kier alpha value is -3.18. The number of para-hydroxylation sites is 1. The maximum Gasteiger partial charge on any atom is 0.240 e. The average molecular weight is 409 g/mol. The van der Waals surface area contributed by atoms with Crippen LogP contribution in [0, 0.1) is 17.1 Å². The van der Waals surface area contributed by atoms with E-state index in [0.717, 1.165) is 5.69 Å². The molecule has 0 saturated carbocycles. The van der Waals surface area contributed by atoms with E-state index in [1.54, 1.807) is 41.6 Å². The molecule has 0 aliphatic rings. The van der Waals surface area contributed by atoms with Gasteiger partial charge in [-0.2, -0.15) is 5.26 Å². The maximum absolute atomic E-state index is 14.1. The summed E-state index contributed by atoms with van der Waals surface area (Å²) >= 11 is 1.25. The number of carbonyl (C=O) groups is 1. The quantitative estimate of drug-likeness (QED) is 0.551. The van der Waals surface area contributed by atoms with Crippen LogP contribution in [0.2, 0.25) is 0 Å². The molecule has 1 aromatic heterocycles. The Kier molecular flexibility index (Phi) is 6.62. The van der Waals surface area contributed by atoms with Crippen molar-refractivity contribution >= 4 is 23.4 Å². The van der Waals surface area contributed by atoms with Crippen LogP contribution in [0.15, 0.2) is 59.8 Å². The van der Waals surface area contributed by atoms with Crippen LogP contribution in [-0.2, 0) is 11.8 Å². The molecule has 29 heavy (non-hydrogen) atoms. The van der Waals surface area contributed by atoms with Gasteiger partial charge < -0.3 is 9.47 Å². The first-order valence-corrected chi connectivity index (χ1v) is 9.95. The molecule has 2 aromatic carbocycles. The van der Waals surface area contributed by atoms with Gasteiger partial charge in [0.25, 0.3) is 0 Å². The molecule has 148 valence electrons. The van der Waals surface area contributed by atoms with Crippen LogP contribution < -0.4 is 4.90 Å². The van der Waals surface area contributed by atoms with Gasteiger partial charge in [-0.3, -0.25) is 4.79 Å². The fourth-order valence-corrected chi connectivity index (χ4v) is 3.74. The van der Waals surface area contributed by atoms with E-state index >= 15 is 0 Å². The number of aromatic nitrogens is 3. The van der Waals surface area contributed by atoms with E-state index in [-0.39, 0.29) is 18.1 Å². The third-order valence-electron chi connectivity index (χ3n) is 4.36. The summed E-state index contributed by atoms with van der Waals surface area (Å²) in [6.07, 6.45) is 0.236. The molecule has 0 radical (unpaired) electrons. The second kappa shape index (κ2) is 9.34. The largest absolute Gasteiger partial charge is 0.310 e. The van der Waals surface area contributed by atoms with E-state index < -0.39 is 5.25 Å². The lowest BCUT2D eigenvalue weighted by Gasteiger charge is -2.24. The molecule has 0 N–H and O–H groups in total. The number of anilines is 1. The highest BCUT2D eigenvalue weighted by Gasteiger charge is 2.25. The van der Waals surface area contributed by atoms with Crippen molar-refractivity contribution in [2.24, 2.45) is 7.05 Å². The van der Waals surface area contributed by atoms with Crippen LogP contribution in [0.3, 0.4) is 0 Å². The number of halogens is 1. The van der Waals surface area contributed by atoms with E-state index in [1.165, 1.54) is 17.8 Å². The van der Waals surface area contributed by atoms with Crippen molar-refractivity contribution in [2.45, 2.75) is 23.8 Å². The average Bonchev–Trinajstić information content (AvgIpc) is 3.09. The Balaban J connectivity index is 1.80. The zero-order valence-electron chi connectivity index (χ0n) is 16.1. The Morgan fingerprint density at radius 1 is 1.21 bits per heavy atom. The number of amides is 1. The Labute approximate surface area is 173 Å². The molecule has 1 atom stereocenters. The van der Waals surface area contributed by atoms with E-state index in [9.17, 15) is 9.18 Å². The molecule has 0 bridgehead atoms. The van der Waals surface area contributed by atoms with Gasteiger partial charge >= 0.3 is 0 Å². The van der Waals surface area contributed by atoms with Gasteiger partial charge in [0.15, 0.2) is 11.0 Å². The minimum absolute atomic E-state index is 0.133. The van der Waals surface area contributed by atoms with Crippen LogP contribution in [0.25, 0.3) is 11.4 Å². The molecule has 6 nitrogen and oxygen atoms in total. The van der Waals surface area contributed by atoms with E-state index in [4.69, 9.17) is 5.26 Å². The van der Waals surface area contributed by atoms with Crippen molar-refractivity contribution in [1.29, 1.82) is 5.26 Å². The summed E-state index contributed by atoms with van der Waals surface area (Å²) in [4.78, 5) is 14.7. The molecular formula is C21H20FN5OS. The Morgan fingerprint density at radius 3 is 2.59 bits per heavy atom. The van der Waals surface area contributed by atoms with Gasteiger partial charge in [-0.1, -0.05) is 42.1 Å². The second-order valence-corrected chi connectivity index (χ2v) is 7.65. The fourth-order valence-electron chi connectivity index (χ4n) is 2.86. The predicted molar refractivity (Wildman–Crippen MR) is 111 cm³/mol. The highest BCUT2D eigenvalue weighted by molar-refractivity contribution is 8.00. The molecule has 0 aliphatic heterocycles. The third kappa shape index (κ3) is 4.63. The molecule has 0 spiro atoms. The van der Waals surface area contributed by atoms with E-state index in [0.29, 0.717) is 23.1 Å². The zero-order chi connectivity index (χ0) is 20.8. The van der Waals surface area contributed by atoms with E-state index in [1.807, 2.05) is 30.3 Å². The van der Waals surface area contributed by atoms with Crippen molar-refractivity contribution < 1.29 is 9.18 Å². The van der Waals surface area contributed by atoms with Crippen LogP contribution in [-0.4, -0.2) is 32.5 Å². The summed E-state index contributed by atoms with van der Waals surface area (Å²) in [6.45, 7) is 2.09. The first-order valence-electron chi connectivity index (χ1n) is 9.07. The highest BCUT2D eigenvalue weighted by Crippen LogP contribution is 2.28. The molecule has 0 saturated heterocycles. The van der Waals surface area contributed by atoms with Gasteiger partial charge in [-0.15, -0.1) is 10.2 Å². The van der Waals surface area contributed by atoms with Crippen molar-refractivity contribution in [3.8, 4) is 17.5 Å². The number of rotatable bonds is 7. The SMILES string of the molecule is C[C@H](Sc1nnc(-c2ccccc2F)n1C)C(=O)N(CCC#N)c1ccccc1. The zero-order valence-corrected chi connectivity index (χ0v) is 16.9. The Bertz CT molecular complexity index is 1030. The lowest BCUT2D eigenvalue weighted by atomic mass is 10.2. The van der Waals surface area contributed by atoms with E-state index in [2.05, 4.69) is 16.3 Å². The summed E-state index contributed by atoms with van der Waals surface area (Å²) in [5.41, 5.74) is 1.10. The lowest BCUT2D eigenvalue weighted by molar-refractivity contribution is -0.117. The minimum Gasteiger partial charge on any atom is -0.310 e. The number of nitrogens with zero attached hydrogens (tertiary/aromatic N) is 5. The molecule has 1 heterocycles. The normalized spacial score (nSPS) is 11.7. The molecule has 3 rings (SSSR count). The summed E-state index contributed by atoms with van der Waals surface area (Å²) in [6, 6.07) is 17.7. The summed E-state index contributed by atoms with van der Waals surface area (Å²) in [7, 11) is 1.74. The molecule has 0 fully saturated rings. The van der Waals surface area contributed by atoms with Gasteiger partial charge in [0.2, 0.25) is 5.91 Å². The van der Waals surface area contributed by atoms with Crippen molar-refractivity contribution in [1.82, 2.24) is 14.8 Å². The molecule has 3 aromatic rings. The fraction of sp³-hybridized carbons (Fsp3) is 0.238. The third-order valence-corrected chi connectivity index (χ3v) is 5.48. The van der Waals surface area contributed by atoms with Crippen molar-refractivity contribution in [3.63, 3.8) is 0 Å². The maximum atomic E-state index is 14.1. The van der Waals surface area contributed by atoms with Gasteiger partial charge in [-0.25, -0.2) is 4.39 Å². The van der Waals surface area contributed by atoms with Crippen molar-refractivity contribution in [2.75, 3.05) is 11.4 Å². The van der Waals surface area contributed by atoms with Crippen LogP contribution in [0.4, 0.5) is 10.1 Å². The van der Waals surface area contributed by atoms with Crippen LogP contribution in [0.1, 0.15) is 13.3 Å². The standard InChI is InChI=1S/C21H20FN5OS/c1-15(20(28)27(14-8-13-23)16-9-4-3-5-10-16)29-21-25-24-19(26(21)2)17-11-6-7-12-18(17)22/h3-7,9-12,15H,8,14H2,1-2H3/t15-/m0/s1. The van der Waals surface area contributed by atoms with Gasteiger partial charge in [0.05, 0.1) is 23.3 Å². The highest BCUT2D eigenvalue weighted by atomic mass is 32.2. The number of benzene rings is 2. The monoisotopic (exact) mass is 409 g/mol. The number of nitriles is 1. The molecular weight excluding hydrogens is 389 g/mol. The van der Waals surface area contributed by atoms with Crippen LogP contribution in [0.5, 0.6) is 0 Å². The number of thioether (sulfide) groups is 1. The van der Waals surface area contributed by atoms with Crippen molar-refractivity contribution in [3.05, 3.63) is 60.4 Å². The smallest absolute Gasteiger partial charge is 0.240 e. The van der Waals surface area contributed by atoms with Gasteiger partial charge in [0, 0.05) is 19.3 Å². The molecule has 0 unspecified atom stereocenters. The summed E-state index contributed by atoms with van der Waals surface area (Å²) in [5, 5.41) is 17.2. The number of hydrogen-bond acceptors (Lipinski definition) is 5. The van der Waals surface area contributed by atoms with Gasteiger partial charge in [0.1, 0.15) is 5.82 Å².